The second-order valence-corrected chi connectivity index (χ2v) is 7.90. The Morgan fingerprint density at radius 3 is 2.73 bits per heavy atom. The summed E-state index contributed by atoms with van der Waals surface area (Å²) < 4.78 is 9.72. The number of rotatable bonds is 4. The van der Waals surface area contributed by atoms with E-state index in [0.717, 1.165) is 29.7 Å². The van der Waals surface area contributed by atoms with Gasteiger partial charge in [-0.3, -0.25) is 9.36 Å². The summed E-state index contributed by atoms with van der Waals surface area (Å²) >= 11 is 0. The molecule has 0 amide bonds. The molecule has 5 heteroatoms. The molecule has 30 heavy (non-hydrogen) atoms. The van der Waals surface area contributed by atoms with Gasteiger partial charge in [0.2, 0.25) is 0 Å². The van der Waals surface area contributed by atoms with E-state index >= 15 is 0 Å². The first-order valence-electron chi connectivity index (χ1n) is 10.4. The standard InChI is InChI=1S/C25H25N3O2/c1-17-25-22(10-12-26-17)21-9-8-19(14-23(21)27(25)2)28-13-11-20(15-24(28)29)30-16-18-6-4-3-5-7-18/h3-9,11,13-15,17,26H,10,12,16H2,1-2H3. The Bertz CT molecular complexity index is 1270. The molecule has 0 bridgehead atoms. The smallest absolute Gasteiger partial charge is 0.258 e. The molecule has 5 rings (SSSR count). The van der Waals surface area contributed by atoms with Crippen molar-refractivity contribution >= 4 is 10.9 Å². The maximum Gasteiger partial charge on any atom is 0.258 e. The summed E-state index contributed by atoms with van der Waals surface area (Å²) in [5.74, 6) is 0.579. The number of nitrogens with one attached hydrogen (secondary N) is 1. The molecule has 5 nitrogen and oxygen atoms in total. The summed E-state index contributed by atoms with van der Waals surface area (Å²) in [5, 5.41) is 4.81. The van der Waals surface area contributed by atoms with Gasteiger partial charge in [-0.2, -0.15) is 0 Å². The van der Waals surface area contributed by atoms with Gasteiger partial charge in [-0.1, -0.05) is 36.4 Å². The molecule has 0 fully saturated rings. The van der Waals surface area contributed by atoms with Gasteiger partial charge in [0, 0.05) is 36.4 Å². The molecule has 0 aliphatic carbocycles. The van der Waals surface area contributed by atoms with Crippen LogP contribution in [0.5, 0.6) is 5.75 Å². The first-order valence-corrected chi connectivity index (χ1v) is 10.4. The van der Waals surface area contributed by atoms with Crippen LogP contribution in [0.15, 0.2) is 71.7 Å². The average molecular weight is 399 g/mol. The number of ether oxygens (including phenoxy) is 1. The van der Waals surface area contributed by atoms with Crippen molar-refractivity contribution in [2.45, 2.75) is 26.0 Å². The Hall–Kier alpha value is -3.31. The lowest BCUT2D eigenvalue weighted by Crippen LogP contribution is -2.28. The fourth-order valence-corrected chi connectivity index (χ4v) is 4.50. The zero-order valence-corrected chi connectivity index (χ0v) is 17.3. The second-order valence-electron chi connectivity index (χ2n) is 7.90. The monoisotopic (exact) mass is 399 g/mol. The van der Waals surface area contributed by atoms with Crippen molar-refractivity contribution in [3.8, 4) is 11.4 Å². The molecule has 0 saturated carbocycles. The highest BCUT2D eigenvalue weighted by molar-refractivity contribution is 5.87. The zero-order valence-electron chi connectivity index (χ0n) is 17.3. The van der Waals surface area contributed by atoms with E-state index in [9.17, 15) is 4.79 Å². The molecule has 1 atom stereocenters. The van der Waals surface area contributed by atoms with E-state index in [1.807, 2.05) is 42.5 Å². The average Bonchev–Trinajstić information content (AvgIpc) is 3.06. The molecule has 1 aliphatic rings. The highest BCUT2D eigenvalue weighted by Crippen LogP contribution is 2.33. The summed E-state index contributed by atoms with van der Waals surface area (Å²) in [6.45, 7) is 3.65. The van der Waals surface area contributed by atoms with Crippen LogP contribution in [-0.2, 0) is 20.1 Å². The van der Waals surface area contributed by atoms with Crippen molar-refractivity contribution in [2.24, 2.45) is 7.05 Å². The van der Waals surface area contributed by atoms with Gasteiger partial charge in [-0.25, -0.2) is 0 Å². The topological polar surface area (TPSA) is 48.2 Å². The van der Waals surface area contributed by atoms with Crippen LogP contribution in [0.25, 0.3) is 16.6 Å². The molecular weight excluding hydrogens is 374 g/mol. The molecule has 0 saturated heterocycles. The van der Waals surface area contributed by atoms with Crippen LogP contribution in [0.4, 0.5) is 0 Å². The molecule has 0 spiro atoms. The number of hydrogen-bond acceptors (Lipinski definition) is 3. The lowest BCUT2D eigenvalue weighted by molar-refractivity contribution is 0.305. The number of nitrogens with zero attached hydrogens (tertiary/aromatic N) is 2. The molecule has 4 aromatic rings. The van der Waals surface area contributed by atoms with Crippen molar-refractivity contribution in [2.75, 3.05) is 6.54 Å². The van der Waals surface area contributed by atoms with E-state index in [0.29, 0.717) is 18.4 Å². The predicted octanol–water partition coefficient (Wildman–Crippen LogP) is 4.11. The first kappa shape index (κ1) is 18.7. The Morgan fingerprint density at radius 2 is 1.93 bits per heavy atom. The zero-order chi connectivity index (χ0) is 20.7. The maximum absolute atomic E-state index is 12.8. The van der Waals surface area contributed by atoms with E-state index in [4.69, 9.17) is 4.74 Å². The normalized spacial score (nSPS) is 15.9. The lowest BCUT2D eigenvalue weighted by Gasteiger charge is -2.22. The van der Waals surface area contributed by atoms with E-state index < -0.39 is 0 Å². The van der Waals surface area contributed by atoms with E-state index in [2.05, 4.69) is 36.0 Å². The second kappa shape index (κ2) is 7.50. The molecule has 2 aromatic heterocycles. The lowest BCUT2D eigenvalue weighted by atomic mass is 10.00. The molecule has 3 heterocycles. The largest absolute Gasteiger partial charge is 0.489 e. The third kappa shape index (κ3) is 3.21. The number of aryl methyl sites for hydroxylation is 1. The molecule has 152 valence electrons. The van der Waals surface area contributed by atoms with Crippen molar-refractivity contribution in [3.63, 3.8) is 0 Å². The van der Waals surface area contributed by atoms with E-state index in [1.54, 1.807) is 16.8 Å². The van der Waals surface area contributed by atoms with Gasteiger partial charge in [-0.05, 0) is 49.2 Å². The van der Waals surface area contributed by atoms with Crippen LogP contribution in [0.3, 0.4) is 0 Å². The minimum Gasteiger partial charge on any atom is -0.489 e. The summed E-state index contributed by atoms with van der Waals surface area (Å²) in [5.41, 5.74) is 5.75. The fraction of sp³-hybridized carbons (Fsp3) is 0.240. The van der Waals surface area contributed by atoms with E-state index in [-0.39, 0.29) is 5.56 Å². The number of pyridine rings is 1. The summed E-state index contributed by atoms with van der Waals surface area (Å²) in [7, 11) is 2.11. The van der Waals surface area contributed by atoms with Gasteiger partial charge >= 0.3 is 0 Å². The number of fused-ring (bicyclic) bond motifs is 3. The molecule has 1 unspecified atom stereocenters. The van der Waals surface area contributed by atoms with Gasteiger partial charge in [0.15, 0.2) is 0 Å². The van der Waals surface area contributed by atoms with Crippen LogP contribution < -0.4 is 15.6 Å². The molecule has 2 aromatic carbocycles. The van der Waals surface area contributed by atoms with Crippen molar-refractivity contribution in [1.82, 2.24) is 14.5 Å². The third-order valence-corrected chi connectivity index (χ3v) is 5.99. The predicted molar refractivity (Wildman–Crippen MR) is 119 cm³/mol. The SMILES string of the molecule is CC1NCCc2c1n(C)c1cc(-n3ccc(OCc4ccccc4)cc3=O)ccc21. The fourth-order valence-electron chi connectivity index (χ4n) is 4.50. The molecular formula is C25H25N3O2. The summed E-state index contributed by atoms with van der Waals surface area (Å²) in [4.78, 5) is 12.8. The quantitative estimate of drug-likeness (QED) is 0.562. The Balaban J connectivity index is 1.46. The van der Waals surface area contributed by atoms with Crippen molar-refractivity contribution < 1.29 is 4.74 Å². The van der Waals surface area contributed by atoms with Gasteiger partial charge < -0.3 is 14.6 Å². The number of aromatic nitrogens is 2. The van der Waals surface area contributed by atoms with Crippen LogP contribution in [0, 0.1) is 0 Å². The summed E-state index contributed by atoms with van der Waals surface area (Å²) in [6, 6.07) is 19.9. The van der Waals surface area contributed by atoms with Crippen LogP contribution >= 0.6 is 0 Å². The Labute approximate surface area is 175 Å². The minimum atomic E-state index is -0.103. The van der Waals surface area contributed by atoms with Gasteiger partial charge in [0.25, 0.3) is 5.56 Å². The van der Waals surface area contributed by atoms with Gasteiger partial charge in [0.05, 0.1) is 11.2 Å². The highest BCUT2D eigenvalue weighted by Gasteiger charge is 2.23. The Morgan fingerprint density at radius 1 is 1.10 bits per heavy atom. The van der Waals surface area contributed by atoms with Gasteiger partial charge in [-0.15, -0.1) is 0 Å². The van der Waals surface area contributed by atoms with Crippen molar-refractivity contribution in [1.29, 1.82) is 0 Å². The van der Waals surface area contributed by atoms with Crippen LogP contribution in [0.1, 0.15) is 29.8 Å². The van der Waals surface area contributed by atoms with Crippen molar-refractivity contribution in [3.05, 3.63) is 94.0 Å². The summed E-state index contributed by atoms with van der Waals surface area (Å²) in [6.07, 6.45) is 2.82. The van der Waals surface area contributed by atoms with Crippen LogP contribution in [0.2, 0.25) is 0 Å². The number of benzene rings is 2. The molecule has 0 radical (unpaired) electrons. The minimum absolute atomic E-state index is 0.103. The highest BCUT2D eigenvalue weighted by atomic mass is 16.5. The third-order valence-electron chi connectivity index (χ3n) is 5.99. The molecule has 1 N–H and O–H groups in total. The molecule has 1 aliphatic heterocycles. The van der Waals surface area contributed by atoms with E-state index in [1.165, 1.54) is 16.6 Å². The van der Waals surface area contributed by atoms with Gasteiger partial charge in [0.1, 0.15) is 12.4 Å². The number of hydrogen-bond donors (Lipinski definition) is 1. The Kier molecular flexibility index (Phi) is 4.68. The maximum atomic E-state index is 12.8. The van der Waals surface area contributed by atoms with Crippen LogP contribution in [-0.4, -0.2) is 15.7 Å². The first-order chi connectivity index (χ1) is 14.6.